The lowest BCUT2D eigenvalue weighted by Crippen LogP contribution is -2.18. The van der Waals surface area contributed by atoms with E-state index in [1.54, 1.807) is 0 Å². The van der Waals surface area contributed by atoms with Gasteiger partial charge in [0.2, 0.25) is 0 Å². The zero-order valence-electron chi connectivity index (χ0n) is 20.6. The molecule has 0 rings (SSSR count). The van der Waals surface area contributed by atoms with Gasteiger partial charge in [-0.2, -0.15) is 0 Å². The summed E-state index contributed by atoms with van der Waals surface area (Å²) in [6, 6.07) is 0. The summed E-state index contributed by atoms with van der Waals surface area (Å²) in [6.45, 7) is 9.12. The van der Waals surface area contributed by atoms with E-state index in [9.17, 15) is 9.36 Å². The summed E-state index contributed by atoms with van der Waals surface area (Å²) in [4.78, 5) is 11.7. The van der Waals surface area contributed by atoms with Gasteiger partial charge < -0.3 is 19.1 Å². The smallest absolute Gasteiger partial charge is 0.330 e. The van der Waals surface area contributed by atoms with Crippen molar-refractivity contribution in [3.63, 3.8) is 0 Å². The Labute approximate surface area is 192 Å². The Bertz CT molecular complexity index is 438. The highest BCUT2D eigenvalue weighted by Crippen LogP contribution is 2.48. The third-order valence-corrected chi connectivity index (χ3v) is 7.35. The van der Waals surface area contributed by atoms with Crippen molar-refractivity contribution in [3.8, 4) is 0 Å². The van der Waals surface area contributed by atoms with Crippen molar-refractivity contribution in [2.75, 3.05) is 39.1 Å². The van der Waals surface area contributed by atoms with Gasteiger partial charge in [0.1, 0.15) is 0 Å². The minimum absolute atomic E-state index is 0.0379. The summed E-state index contributed by atoms with van der Waals surface area (Å²) in [5.74, 6) is -0.0379. The van der Waals surface area contributed by atoms with Crippen LogP contribution >= 0.6 is 7.60 Å². The third kappa shape index (κ3) is 21.2. The Balaban J connectivity index is 3.37. The first-order chi connectivity index (χ1) is 15.1. The normalized spacial score (nSPS) is 11.7. The van der Waals surface area contributed by atoms with Crippen LogP contribution in [0.15, 0.2) is 0 Å². The van der Waals surface area contributed by atoms with Crippen LogP contribution in [-0.4, -0.2) is 45.0 Å². The summed E-state index contributed by atoms with van der Waals surface area (Å²) in [7, 11) is -2.90. The van der Waals surface area contributed by atoms with Crippen LogP contribution in [0.4, 0.5) is 0 Å². The molecule has 0 fully saturated rings. The van der Waals surface area contributed by atoms with Gasteiger partial charge in [-0.25, -0.2) is 0 Å². The molecule has 0 unspecified atom stereocenters. The van der Waals surface area contributed by atoms with E-state index in [2.05, 4.69) is 12.2 Å². The first kappa shape index (κ1) is 30.6. The van der Waals surface area contributed by atoms with Gasteiger partial charge in [-0.3, -0.25) is 9.36 Å². The van der Waals surface area contributed by atoms with Crippen LogP contribution in [0.1, 0.15) is 111 Å². The quantitative estimate of drug-likeness (QED) is 0.0957. The Hall–Kier alpha value is -0.420. The van der Waals surface area contributed by atoms with Crippen molar-refractivity contribution in [2.24, 2.45) is 0 Å². The molecule has 0 aliphatic carbocycles. The second-order valence-electron chi connectivity index (χ2n) is 8.13. The molecule has 0 aromatic rings. The zero-order valence-corrected chi connectivity index (χ0v) is 21.5. The fourth-order valence-electron chi connectivity index (χ4n) is 3.45. The van der Waals surface area contributed by atoms with Gasteiger partial charge in [0, 0.05) is 6.42 Å². The van der Waals surface area contributed by atoms with Gasteiger partial charge in [-0.05, 0) is 52.6 Å². The van der Waals surface area contributed by atoms with Gasteiger partial charge in [-0.15, -0.1) is 0 Å². The van der Waals surface area contributed by atoms with Crippen LogP contribution in [0, 0.1) is 0 Å². The standard InChI is InChI=1S/C24H50NO5P/c1-4-7-8-9-10-14-17-22-28-24(26)19-15-12-11-13-16-20-25-21-18-23-31(27,29-5-2)30-6-3/h25H,4-23H2,1-3H3. The molecule has 0 aromatic heterocycles. The molecule has 0 radical (unpaired) electrons. The predicted molar refractivity (Wildman–Crippen MR) is 130 cm³/mol. The fourth-order valence-corrected chi connectivity index (χ4v) is 5.11. The largest absolute Gasteiger partial charge is 0.466 e. The molecule has 0 bridgehead atoms. The molecule has 1 N–H and O–H groups in total. The van der Waals surface area contributed by atoms with E-state index >= 15 is 0 Å². The Morgan fingerprint density at radius 2 is 1.26 bits per heavy atom. The molecule has 0 saturated heterocycles. The summed E-state index contributed by atoms with van der Waals surface area (Å²) < 4.78 is 28.2. The molecule has 6 nitrogen and oxygen atoms in total. The van der Waals surface area contributed by atoms with Crippen molar-refractivity contribution < 1.29 is 23.1 Å². The van der Waals surface area contributed by atoms with Crippen LogP contribution in [0.5, 0.6) is 0 Å². The average molecular weight is 464 g/mol. The number of hydrogen-bond acceptors (Lipinski definition) is 6. The van der Waals surface area contributed by atoms with Gasteiger partial charge in [0.25, 0.3) is 0 Å². The zero-order chi connectivity index (χ0) is 23.0. The highest BCUT2D eigenvalue weighted by Gasteiger charge is 2.22. The number of carbonyl (C=O) groups is 1. The number of rotatable bonds is 24. The minimum atomic E-state index is -2.90. The first-order valence-corrected chi connectivity index (χ1v) is 14.5. The van der Waals surface area contributed by atoms with Gasteiger partial charge in [0.05, 0.1) is 26.0 Å². The van der Waals surface area contributed by atoms with Crippen LogP contribution < -0.4 is 5.32 Å². The van der Waals surface area contributed by atoms with E-state index in [1.807, 2.05) is 13.8 Å². The highest BCUT2D eigenvalue weighted by atomic mass is 31.2. The lowest BCUT2D eigenvalue weighted by Gasteiger charge is -2.16. The maximum absolute atomic E-state index is 12.3. The molecule has 0 atom stereocenters. The van der Waals surface area contributed by atoms with Crippen molar-refractivity contribution in [2.45, 2.75) is 111 Å². The maximum atomic E-state index is 12.3. The second kappa shape index (κ2) is 22.8. The van der Waals surface area contributed by atoms with E-state index in [0.717, 1.165) is 58.0 Å². The van der Waals surface area contributed by atoms with Crippen LogP contribution in [0.3, 0.4) is 0 Å². The third-order valence-electron chi connectivity index (χ3n) is 5.18. The Morgan fingerprint density at radius 1 is 0.710 bits per heavy atom. The molecule has 186 valence electrons. The molecule has 0 spiro atoms. The molecular formula is C24H50NO5P. The lowest BCUT2D eigenvalue weighted by atomic mass is 10.1. The highest BCUT2D eigenvalue weighted by molar-refractivity contribution is 7.53. The Morgan fingerprint density at radius 3 is 1.90 bits per heavy atom. The molecule has 7 heteroatoms. The van der Waals surface area contributed by atoms with E-state index in [0.29, 0.717) is 32.4 Å². The number of carbonyl (C=O) groups excluding carboxylic acids is 1. The van der Waals surface area contributed by atoms with Crippen LogP contribution in [-0.2, 0) is 23.1 Å². The summed E-state index contributed by atoms with van der Waals surface area (Å²) >= 11 is 0. The maximum Gasteiger partial charge on any atom is 0.330 e. The van der Waals surface area contributed by atoms with Crippen LogP contribution in [0.25, 0.3) is 0 Å². The molecule has 0 heterocycles. The molecule has 0 aliphatic heterocycles. The second-order valence-corrected chi connectivity index (χ2v) is 10.3. The Kier molecular flexibility index (Phi) is 22.5. The molecule has 0 saturated carbocycles. The number of hydrogen-bond donors (Lipinski definition) is 1. The van der Waals surface area contributed by atoms with Gasteiger partial charge >= 0.3 is 13.6 Å². The fraction of sp³-hybridized carbons (Fsp3) is 0.958. The van der Waals surface area contributed by atoms with Crippen molar-refractivity contribution >= 4 is 13.6 Å². The molecule has 0 aromatic carbocycles. The number of ether oxygens (including phenoxy) is 1. The summed E-state index contributed by atoms with van der Waals surface area (Å²) in [6.07, 6.45) is 15.9. The summed E-state index contributed by atoms with van der Waals surface area (Å²) in [5, 5.41) is 3.39. The minimum Gasteiger partial charge on any atom is -0.466 e. The number of esters is 1. The number of unbranched alkanes of at least 4 members (excludes halogenated alkanes) is 10. The molecule has 31 heavy (non-hydrogen) atoms. The molecule has 0 amide bonds. The average Bonchev–Trinajstić information content (AvgIpc) is 2.74. The van der Waals surface area contributed by atoms with Crippen molar-refractivity contribution in [3.05, 3.63) is 0 Å². The lowest BCUT2D eigenvalue weighted by molar-refractivity contribution is -0.143. The van der Waals surface area contributed by atoms with Crippen LogP contribution in [0.2, 0.25) is 0 Å². The van der Waals surface area contributed by atoms with Crippen molar-refractivity contribution in [1.82, 2.24) is 5.32 Å². The van der Waals surface area contributed by atoms with Gasteiger partial charge in [0.15, 0.2) is 0 Å². The van der Waals surface area contributed by atoms with E-state index in [4.69, 9.17) is 13.8 Å². The number of nitrogens with one attached hydrogen (secondary N) is 1. The monoisotopic (exact) mass is 463 g/mol. The molecular weight excluding hydrogens is 413 g/mol. The topological polar surface area (TPSA) is 73.9 Å². The van der Waals surface area contributed by atoms with Gasteiger partial charge in [-0.1, -0.05) is 64.7 Å². The predicted octanol–water partition coefficient (Wildman–Crippen LogP) is 6.87. The van der Waals surface area contributed by atoms with Crippen molar-refractivity contribution in [1.29, 1.82) is 0 Å². The van der Waals surface area contributed by atoms with E-state index in [1.165, 1.54) is 38.5 Å². The first-order valence-electron chi connectivity index (χ1n) is 12.8. The molecule has 0 aliphatic rings. The summed E-state index contributed by atoms with van der Waals surface area (Å²) in [5.41, 5.74) is 0. The SMILES string of the molecule is CCCCCCCCCOC(=O)CCCCCCCNCCCP(=O)(OCC)OCC. The van der Waals surface area contributed by atoms with E-state index in [-0.39, 0.29) is 5.97 Å². The van der Waals surface area contributed by atoms with E-state index < -0.39 is 7.60 Å².